The lowest BCUT2D eigenvalue weighted by Crippen LogP contribution is -1.98. The smallest absolute Gasteiger partial charge is 0.159 e. The third kappa shape index (κ3) is 2.77. The summed E-state index contributed by atoms with van der Waals surface area (Å²) in [7, 11) is 1.87. The number of ether oxygens (including phenoxy) is 1. The molecule has 4 heteroatoms. The van der Waals surface area contributed by atoms with Crippen LogP contribution in [0.3, 0.4) is 0 Å². The van der Waals surface area contributed by atoms with E-state index in [1.807, 2.05) is 32.3 Å². The van der Waals surface area contributed by atoms with E-state index in [4.69, 9.17) is 4.74 Å². The summed E-state index contributed by atoms with van der Waals surface area (Å²) < 4.78 is 7.45. The minimum absolute atomic E-state index is 0.0666. The monoisotopic (exact) mass is 244 g/mol. The summed E-state index contributed by atoms with van der Waals surface area (Å²) in [6.07, 6.45) is 3.69. The summed E-state index contributed by atoms with van der Waals surface area (Å²) >= 11 is 0. The molecule has 1 heterocycles. The van der Waals surface area contributed by atoms with Crippen LogP contribution in [0, 0.1) is 6.92 Å². The zero-order chi connectivity index (χ0) is 13.1. The second-order valence-corrected chi connectivity index (χ2v) is 4.35. The van der Waals surface area contributed by atoms with Gasteiger partial charge in [0.05, 0.1) is 6.20 Å². The number of nitrogens with zero attached hydrogens (tertiary/aromatic N) is 2. The van der Waals surface area contributed by atoms with Crippen molar-refractivity contribution < 1.29 is 9.53 Å². The molecule has 1 aromatic heterocycles. The van der Waals surface area contributed by atoms with Gasteiger partial charge in [-0.1, -0.05) is 0 Å². The Morgan fingerprint density at radius 1 is 1.44 bits per heavy atom. The number of carbonyl (C=O) groups is 1. The largest absolute Gasteiger partial charge is 0.489 e. The molecule has 0 saturated carbocycles. The number of carbonyl (C=O) groups excluding carboxylic acids is 1. The first kappa shape index (κ1) is 12.4. The summed E-state index contributed by atoms with van der Waals surface area (Å²) in [6.45, 7) is 3.98. The number of aromatic nitrogens is 2. The van der Waals surface area contributed by atoms with Gasteiger partial charge in [-0.05, 0) is 37.6 Å². The van der Waals surface area contributed by atoms with Crippen LogP contribution >= 0.6 is 0 Å². The molecule has 18 heavy (non-hydrogen) atoms. The van der Waals surface area contributed by atoms with Crippen molar-refractivity contribution >= 4 is 5.78 Å². The number of Topliss-reactive ketones (excluding diaryl/α,β-unsaturated/α-hetero) is 1. The minimum Gasteiger partial charge on any atom is -0.489 e. The first-order valence-electron chi connectivity index (χ1n) is 5.78. The predicted molar refractivity (Wildman–Crippen MR) is 68.7 cm³/mol. The van der Waals surface area contributed by atoms with Gasteiger partial charge >= 0.3 is 0 Å². The molecule has 1 aromatic carbocycles. The standard InChI is InChI=1S/C14H16N2O2/c1-10-6-13(11(2)17)4-5-14(10)18-9-12-7-15-16(3)8-12/h4-8H,9H2,1-3H3. The lowest BCUT2D eigenvalue weighted by molar-refractivity contribution is 0.101. The average Bonchev–Trinajstić information content (AvgIpc) is 2.73. The van der Waals surface area contributed by atoms with Gasteiger partial charge in [-0.15, -0.1) is 0 Å². The number of ketones is 1. The lowest BCUT2D eigenvalue weighted by atomic mass is 10.1. The average molecular weight is 244 g/mol. The van der Waals surface area contributed by atoms with Gasteiger partial charge in [-0.2, -0.15) is 5.10 Å². The van der Waals surface area contributed by atoms with Crippen molar-refractivity contribution in [3.63, 3.8) is 0 Å². The Labute approximate surface area is 106 Å². The van der Waals surface area contributed by atoms with Crippen molar-refractivity contribution in [2.45, 2.75) is 20.5 Å². The molecular formula is C14H16N2O2. The number of hydrogen-bond acceptors (Lipinski definition) is 3. The molecule has 0 amide bonds. The Kier molecular flexibility index (Phi) is 3.46. The molecule has 0 atom stereocenters. The molecule has 0 bridgehead atoms. The molecule has 0 aliphatic rings. The normalized spacial score (nSPS) is 10.4. The minimum atomic E-state index is 0.0666. The summed E-state index contributed by atoms with van der Waals surface area (Å²) in [5.41, 5.74) is 2.69. The number of aryl methyl sites for hydroxylation is 2. The van der Waals surface area contributed by atoms with Gasteiger partial charge in [0.15, 0.2) is 5.78 Å². The molecule has 0 radical (unpaired) electrons. The van der Waals surface area contributed by atoms with Crippen LogP contribution in [-0.2, 0) is 13.7 Å². The maximum atomic E-state index is 11.2. The van der Waals surface area contributed by atoms with E-state index >= 15 is 0 Å². The van der Waals surface area contributed by atoms with E-state index in [0.717, 1.165) is 16.9 Å². The van der Waals surface area contributed by atoms with E-state index in [1.54, 1.807) is 23.9 Å². The van der Waals surface area contributed by atoms with Crippen LogP contribution in [0.5, 0.6) is 5.75 Å². The van der Waals surface area contributed by atoms with E-state index in [9.17, 15) is 4.79 Å². The Balaban J connectivity index is 2.08. The number of benzene rings is 1. The number of rotatable bonds is 4. The van der Waals surface area contributed by atoms with Gasteiger partial charge in [0.2, 0.25) is 0 Å². The van der Waals surface area contributed by atoms with Crippen molar-refractivity contribution in [3.05, 3.63) is 47.3 Å². The van der Waals surface area contributed by atoms with Gasteiger partial charge in [0.25, 0.3) is 0 Å². The first-order chi connectivity index (χ1) is 8.56. The van der Waals surface area contributed by atoms with Crippen LogP contribution in [0.2, 0.25) is 0 Å². The lowest BCUT2D eigenvalue weighted by Gasteiger charge is -2.08. The van der Waals surface area contributed by atoms with Crippen LogP contribution in [-0.4, -0.2) is 15.6 Å². The molecule has 0 unspecified atom stereocenters. The summed E-state index contributed by atoms with van der Waals surface area (Å²) in [6, 6.07) is 5.47. The Hall–Kier alpha value is -2.10. The van der Waals surface area contributed by atoms with Crippen molar-refractivity contribution in [1.82, 2.24) is 9.78 Å². The van der Waals surface area contributed by atoms with Gasteiger partial charge in [0, 0.05) is 24.4 Å². The fourth-order valence-electron chi connectivity index (χ4n) is 1.74. The zero-order valence-corrected chi connectivity index (χ0v) is 10.8. The van der Waals surface area contributed by atoms with Gasteiger partial charge in [-0.3, -0.25) is 9.48 Å². The van der Waals surface area contributed by atoms with Crippen LogP contribution in [0.15, 0.2) is 30.6 Å². The van der Waals surface area contributed by atoms with E-state index in [2.05, 4.69) is 5.10 Å². The summed E-state index contributed by atoms with van der Waals surface area (Å²) in [5, 5.41) is 4.08. The molecule has 2 rings (SSSR count). The third-order valence-electron chi connectivity index (χ3n) is 2.73. The maximum absolute atomic E-state index is 11.2. The van der Waals surface area contributed by atoms with Crippen molar-refractivity contribution in [3.8, 4) is 5.75 Å². The fourth-order valence-corrected chi connectivity index (χ4v) is 1.74. The van der Waals surface area contributed by atoms with Crippen molar-refractivity contribution in [2.75, 3.05) is 0 Å². The van der Waals surface area contributed by atoms with Crippen LogP contribution < -0.4 is 4.74 Å². The van der Waals surface area contributed by atoms with Crippen LogP contribution in [0.25, 0.3) is 0 Å². The zero-order valence-electron chi connectivity index (χ0n) is 10.8. The van der Waals surface area contributed by atoms with Gasteiger partial charge in [-0.25, -0.2) is 0 Å². The highest BCUT2D eigenvalue weighted by atomic mass is 16.5. The SMILES string of the molecule is CC(=O)c1ccc(OCc2cnn(C)c2)c(C)c1. The molecule has 94 valence electrons. The molecular weight excluding hydrogens is 228 g/mol. The van der Waals surface area contributed by atoms with E-state index < -0.39 is 0 Å². The van der Waals surface area contributed by atoms with Crippen LogP contribution in [0.4, 0.5) is 0 Å². The quantitative estimate of drug-likeness (QED) is 0.776. The van der Waals surface area contributed by atoms with Gasteiger partial charge in [0.1, 0.15) is 12.4 Å². The van der Waals surface area contributed by atoms with Gasteiger partial charge < -0.3 is 4.74 Å². The molecule has 0 saturated heterocycles. The second kappa shape index (κ2) is 5.04. The molecule has 0 aliphatic heterocycles. The Morgan fingerprint density at radius 2 is 2.22 bits per heavy atom. The second-order valence-electron chi connectivity index (χ2n) is 4.35. The Bertz CT molecular complexity index is 573. The molecule has 0 spiro atoms. The molecule has 4 nitrogen and oxygen atoms in total. The van der Waals surface area contributed by atoms with Crippen molar-refractivity contribution in [2.24, 2.45) is 7.05 Å². The van der Waals surface area contributed by atoms with Crippen molar-refractivity contribution in [1.29, 1.82) is 0 Å². The first-order valence-corrected chi connectivity index (χ1v) is 5.78. The van der Waals surface area contributed by atoms with E-state index in [1.165, 1.54) is 0 Å². The summed E-state index contributed by atoms with van der Waals surface area (Å²) in [4.78, 5) is 11.2. The molecule has 2 aromatic rings. The predicted octanol–water partition coefficient (Wildman–Crippen LogP) is 2.51. The van der Waals surface area contributed by atoms with E-state index in [0.29, 0.717) is 12.2 Å². The van der Waals surface area contributed by atoms with E-state index in [-0.39, 0.29) is 5.78 Å². The highest BCUT2D eigenvalue weighted by Gasteiger charge is 2.05. The fraction of sp³-hybridized carbons (Fsp3) is 0.286. The highest BCUT2D eigenvalue weighted by molar-refractivity contribution is 5.94. The number of hydrogen-bond donors (Lipinski definition) is 0. The summed E-state index contributed by atoms with van der Waals surface area (Å²) in [5.74, 6) is 0.862. The highest BCUT2D eigenvalue weighted by Crippen LogP contribution is 2.20. The molecule has 0 aliphatic carbocycles. The molecule has 0 fully saturated rings. The Morgan fingerprint density at radius 3 is 2.78 bits per heavy atom. The third-order valence-corrected chi connectivity index (χ3v) is 2.73. The molecule has 0 N–H and O–H groups in total. The maximum Gasteiger partial charge on any atom is 0.159 e. The topological polar surface area (TPSA) is 44.1 Å². The van der Waals surface area contributed by atoms with Crippen LogP contribution in [0.1, 0.15) is 28.4 Å².